The van der Waals surface area contributed by atoms with Crippen molar-refractivity contribution in [1.29, 1.82) is 0 Å². The number of rotatable bonds is 0. The summed E-state index contributed by atoms with van der Waals surface area (Å²) in [7, 11) is 0. The molecule has 0 aromatic rings. The van der Waals surface area contributed by atoms with Gasteiger partial charge in [-0.1, -0.05) is 0 Å². The first-order valence-electron chi connectivity index (χ1n) is 0. The van der Waals surface area contributed by atoms with Gasteiger partial charge in [-0.2, -0.15) is 9.90 Å². The first kappa shape index (κ1) is 85.0. The minimum atomic E-state index is 0. The van der Waals surface area contributed by atoms with Gasteiger partial charge in [0.05, 0.1) is 0 Å². The van der Waals surface area contributed by atoms with Gasteiger partial charge in [-0.3, -0.25) is 0 Å². The number of hydrogen-bond donors (Lipinski definition) is 0. The molecule has 0 fully saturated rings. The zero-order valence-electron chi connectivity index (χ0n) is 4.28. The Bertz CT molecular complexity index is 6.85. The van der Waals surface area contributed by atoms with Crippen LogP contribution in [0.5, 0.6) is 0 Å². The second-order valence-electron chi connectivity index (χ2n) is 0. The van der Waals surface area contributed by atoms with Crippen LogP contribution < -0.4 is 0 Å². The largest absolute Gasteiger partial charge is 3.00 e. The molecule has 5 heavy (non-hydrogen) atoms. The van der Waals surface area contributed by atoms with E-state index in [9.17, 15) is 0 Å². The van der Waals surface area contributed by atoms with Crippen molar-refractivity contribution in [2.75, 3.05) is 0 Å². The second kappa shape index (κ2) is 48.3. The van der Waals surface area contributed by atoms with E-state index in [0.717, 1.165) is 0 Å². The van der Waals surface area contributed by atoms with E-state index in [2.05, 4.69) is 0 Å². The standard InChI is InChI=1S/3CH3.H3P.Y/h4*1H3;/q3*-1;;+3. The molecule has 32 valence electrons. The fourth-order valence-corrected chi connectivity index (χ4v) is 0. The molecule has 1 unspecified atom stereocenters. The van der Waals surface area contributed by atoms with Gasteiger partial charge in [-0.15, -0.1) is 0 Å². The van der Waals surface area contributed by atoms with Crippen LogP contribution in [0.4, 0.5) is 0 Å². The van der Waals surface area contributed by atoms with E-state index in [-0.39, 0.29) is 64.9 Å². The van der Waals surface area contributed by atoms with E-state index in [4.69, 9.17) is 0 Å². The fourth-order valence-electron chi connectivity index (χ4n) is 0. The molecule has 0 amide bonds. The summed E-state index contributed by atoms with van der Waals surface area (Å²) in [5.74, 6) is 0. The van der Waals surface area contributed by atoms with Crippen LogP contribution in [0.1, 0.15) is 0 Å². The first-order chi connectivity index (χ1) is 0. The molecular formula is C3H12PY. The van der Waals surface area contributed by atoms with E-state index in [0.29, 0.717) is 0 Å². The molecule has 2 heteroatoms. The Morgan fingerprint density at radius 2 is 0.600 bits per heavy atom. The topological polar surface area (TPSA) is 0 Å². The van der Waals surface area contributed by atoms with Crippen molar-refractivity contribution in [3.63, 3.8) is 0 Å². The Morgan fingerprint density at radius 1 is 0.600 bits per heavy atom. The van der Waals surface area contributed by atoms with E-state index >= 15 is 0 Å². The SMILES string of the molecule is P.[CH3-].[CH3-].[CH3-].[Y+3]. The van der Waals surface area contributed by atoms with Crippen LogP contribution in [0, 0.1) is 22.3 Å². The predicted molar refractivity (Wildman–Crippen MR) is 30.3 cm³/mol. The maximum absolute atomic E-state index is 0. The summed E-state index contributed by atoms with van der Waals surface area (Å²) < 4.78 is 0. The van der Waals surface area contributed by atoms with Crippen LogP contribution >= 0.6 is 9.90 Å². The van der Waals surface area contributed by atoms with Gasteiger partial charge in [-0.05, 0) is 0 Å². The molecule has 0 aromatic carbocycles. The monoisotopic (exact) mass is 168 g/mol. The molecule has 0 nitrogen and oxygen atoms in total. The number of hydrogen-bond acceptors (Lipinski definition) is 0. The fraction of sp³-hybridized carbons (Fsp3) is 0. The van der Waals surface area contributed by atoms with Crippen molar-refractivity contribution in [2.24, 2.45) is 0 Å². The Labute approximate surface area is 64.6 Å². The third kappa shape index (κ3) is 29.4. The molecule has 0 aliphatic carbocycles. The van der Waals surface area contributed by atoms with E-state index in [1.54, 1.807) is 0 Å². The molecular weight excluding hydrogens is 156 g/mol. The Morgan fingerprint density at radius 3 is 0.600 bits per heavy atom. The maximum atomic E-state index is 0. The van der Waals surface area contributed by atoms with Crippen LogP contribution in [0.15, 0.2) is 0 Å². The van der Waals surface area contributed by atoms with E-state index in [1.807, 2.05) is 0 Å². The van der Waals surface area contributed by atoms with Gasteiger partial charge in [0.25, 0.3) is 0 Å². The zero-order chi connectivity index (χ0) is 0. The summed E-state index contributed by atoms with van der Waals surface area (Å²) in [6, 6.07) is 0. The summed E-state index contributed by atoms with van der Waals surface area (Å²) >= 11 is 0. The second-order valence-corrected chi connectivity index (χ2v) is 0. The minimum Gasteiger partial charge on any atom is -0.358 e. The van der Waals surface area contributed by atoms with Crippen molar-refractivity contribution < 1.29 is 32.7 Å². The summed E-state index contributed by atoms with van der Waals surface area (Å²) in [6.45, 7) is 0. The molecule has 0 saturated heterocycles. The van der Waals surface area contributed by atoms with E-state index in [1.165, 1.54) is 0 Å². The first-order valence-corrected chi connectivity index (χ1v) is 0. The van der Waals surface area contributed by atoms with Gasteiger partial charge in [-0.25, -0.2) is 0 Å². The Kier molecular flexibility index (Phi) is 822. The molecule has 0 rings (SSSR count). The van der Waals surface area contributed by atoms with Crippen molar-refractivity contribution in [3.05, 3.63) is 22.3 Å². The van der Waals surface area contributed by atoms with Gasteiger partial charge < -0.3 is 22.3 Å². The third-order valence-electron chi connectivity index (χ3n) is 0. The molecule has 0 aliphatic rings. The van der Waals surface area contributed by atoms with Crippen LogP contribution in [0.3, 0.4) is 0 Å². The van der Waals surface area contributed by atoms with Crippen LogP contribution in [0.25, 0.3) is 0 Å². The van der Waals surface area contributed by atoms with Gasteiger partial charge >= 0.3 is 32.7 Å². The normalized spacial score (nSPS) is 0. The molecule has 0 N–H and O–H groups in total. The van der Waals surface area contributed by atoms with Crippen LogP contribution in [-0.2, 0) is 32.7 Å². The van der Waals surface area contributed by atoms with Gasteiger partial charge in [0, 0.05) is 0 Å². The quantitative estimate of drug-likeness (QED) is 0.379. The molecule has 0 radical (unpaired) electrons. The molecule has 0 spiro atoms. The smallest absolute Gasteiger partial charge is 0.358 e. The summed E-state index contributed by atoms with van der Waals surface area (Å²) in [5.41, 5.74) is 0. The predicted octanol–water partition coefficient (Wildman–Crippen LogP) is 1.41. The Balaban J connectivity index is 0. The molecule has 0 aromatic heterocycles. The average molecular weight is 168 g/mol. The van der Waals surface area contributed by atoms with Gasteiger partial charge in [0.1, 0.15) is 0 Å². The molecule has 1 atom stereocenters. The van der Waals surface area contributed by atoms with Crippen molar-refractivity contribution in [3.8, 4) is 0 Å². The summed E-state index contributed by atoms with van der Waals surface area (Å²) in [4.78, 5) is 0. The van der Waals surface area contributed by atoms with Crippen LogP contribution in [-0.4, -0.2) is 0 Å². The van der Waals surface area contributed by atoms with Gasteiger partial charge in [0.2, 0.25) is 0 Å². The molecule has 0 bridgehead atoms. The van der Waals surface area contributed by atoms with Crippen molar-refractivity contribution >= 4 is 9.90 Å². The van der Waals surface area contributed by atoms with Crippen LogP contribution in [0.2, 0.25) is 0 Å². The maximum Gasteiger partial charge on any atom is 3.00 e. The van der Waals surface area contributed by atoms with Crippen molar-refractivity contribution in [2.45, 2.75) is 0 Å². The third-order valence-corrected chi connectivity index (χ3v) is 0. The van der Waals surface area contributed by atoms with Gasteiger partial charge in [0.15, 0.2) is 0 Å². The summed E-state index contributed by atoms with van der Waals surface area (Å²) in [6.07, 6.45) is 0. The average Bonchev–Trinajstić information content (AvgIpc) is 0. The molecule has 0 aliphatic heterocycles. The molecule has 0 heterocycles. The zero-order valence-corrected chi connectivity index (χ0v) is 8.54. The molecule has 0 saturated carbocycles. The van der Waals surface area contributed by atoms with Crippen molar-refractivity contribution in [1.82, 2.24) is 0 Å². The summed E-state index contributed by atoms with van der Waals surface area (Å²) in [5, 5.41) is 0. The minimum absolute atomic E-state index is 0. The Hall–Kier alpha value is 1.53. The van der Waals surface area contributed by atoms with E-state index < -0.39 is 0 Å².